The summed E-state index contributed by atoms with van der Waals surface area (Å²) in [6.45, 7) is 1.09. The van der Waals surface area contributed by atoms with Crippen molar-refractivity contribution in [3.63, 3.8) is 0 Å². The molecule has 0 aliphatic carbocycles. The molecule has 0 atom stereocenters. The normalized spacial score (nSPS) is 9.82. The largest absolute Gasteiger partial charge is 0.372 e. The number of pyridine rings is 1. The van der Waals surface area contributed by atoms with Crippen molar-refractivity contribution < 1.29 is 4.74 Å². The molecule has 0 aliphatic rings. The van der Waals surface area contributed by atoms with E-state index in [0.29, 0.717) is 18.9 Å². The van der Waals surface area contributed by atoms with E-state index in [-0.39, 0.29) is 0 Å². The third-order valence-electron chi connectivity index (χ3n) is 2.32. The van der Waals surface area contributed by atoms with Crippen molar-refractivity contribution in [2.24, 2.45) is 0 Å². The fourth-order valence-corrected chi connectivity index (χ4v) is 1.44. The van der Waals surface area contributed by atoms with Gasteiger partial charge in [0, 0.05) is 6.20 Å². The monoisotopic (exact) mass is 224 g/mol. The van der Waals surface area contributed by atoms with Crippen molar-refractivity contribution in [2.45, 2.75) is 13.2 Å². The molecular formula is C14H12N2O. The number of ether oxygens (including phenoxy) is 1. The first-order valence-corrected chi connectivity index (χ1v) is 5.35. The zero-order valence-electron chi connectivity index (χ0n) is 9.34. The van der Waals surface area contributed by atoms with Crippen LogP contribution in [-0.4, -0.2) is 4.98 Å². The smallest absolute Gasteiger partial charge is 0.140 e. The highest BCUT2D eigenvalue weighted by Crippen LogP contribution is 2.05. The van der Waals surface area contributed by atoms with Gasteiger partial charge in [-0.05, 0) is 17.2 Å². The Morgan fingerprint density at radius 2 is 1.76 bits per heavy atom. The van der Waals surface area contributed by atoms with Crippen molar-refractivity contribution in [1.29, 1.82) is 5.26 Å². The van der Waals surface area contributed by atoms with Crippen LogP contribution in [0, 0.1) is 11.3 Å². The molecule has 1 aromatic carbocycles. The third kappa shape index (κ3) is 3.40. The van der Waals surface area contributed by atoms with Crippen LogP contribution in [0.2, 0.25) is 0 Å². The number of hydrogen-bond acceptors (Lipinski definition) is 3. The lowest BCUT2D eigenvalue weighted by Crippen LogP contribution is -1.95. The first kappa shape index (κ1) is 11.3. The lowest BCUT2D eigenvalue weighted by molar-refractivity contribution is 0.107. The van der Waals surface area contributed by atoms with Gasteiger partial charge >= 0.3 is 0 Å². The second-order valence-electron chi connectivity index (χ2n) is 3.64. The van der Waals surface area contributed by atoms with Gasteiger partial charge in [-0.15, -0.1) is 0 Å². The summed E-state index contributed by atoms with van der Waals surface area (Å²) in [6, 6.07) is 15.5. The molecular weight excluding hydrogens is 212 g/mol. The summed E-state index contributed by atoms with van der Waals surface area (Å²) in [5.74, 6) is 0. The van der Waals surface area contributed by atoms with Crippen LogP contribution in [0.5, 0.6) is 0 Å². The molecule has 0 bridgehead atoms. The van der Waals surface area contributed by atoms with Gasteiger partial charge in [0.2, 0.25) is 0 Å². The van der Waals surface area contributed by atoms with Gasteiger partial charge in [-0.1, -0.05) is 36.4 Å². The standard InChI is InChI=1S/C14H12N2O/c15-8-14-7-6-13(9-16-14)11-17-10-12-4-2-1-3-5-12/h1-7,9H,10-11H2. The Bertz CT molecular complexity index is 500. The Morgan fingerprint density at radius 1 is 1.00 bits per heavy atom. The van der Waals surface area contributed by atoms with E-state index >= 15 is 0 Å². The van der Waals surface area contributed by atoms with E-state index in [1.807, 2.05) is 42.5 Å². The van der Waals surface area contributed by atoms with E-state index in [1.165, 1.54) is 0 Å². The zero-order valence-corrected chi connectivity index (χ0v) is 9.34. The summed E-state index contributed by atoms with van der Waals surface area (Å²) in [4.78, 5) is 3.98. The first-order chi connectivity index (χ1) is 8.38. The van der Waals surface area contributed by atoms with Crippen LogP contribution in [0.15, 0.2) is 48.7 Å². The van der Waals surface area contributed by atoms with E-state index in [4.69, 9.17) is 10.00 Å². The molecule has 17 heavy (non-hydrogen) atoms. The minimum absolute atomic E-state index is 0.428. The summed E-state index contributed by atoms with van der Waals surface area (Å²) >= 11 is 0. The quantitative estimate of drug-likeness (QED) is 0.802. The number of benzene rings is 1. The van der Waals surface area contributed by atoms with Gasteiger partial charge in [0.15, 0.2) is 0 Å². The van der Waals surface area contributed by atoms with Gasteiger partial charge in [0.1, 0.15) is 11.8 Å². The fourth-order valence-electron chi connectivity index (χ4n) is 1.44. The molecule has 3 heteroatoms. The summed E-state index contributed by atoms with van der Waals surface area (Å²) in [6.07, 6.45) is 1.67. The van der Waals surface area contributed by atoms with Gasteiger partial charge in [0.25, 0.3) is 0 Å². The van der Waals surface area contributed by atoms with Gasteiger partial charge < -0.3 is 4.74 Å². The molecule has 84 valence electrons. The van der Waals surface area contributed by atoms with E-state index in [1.54, 1.807) is 12.3 Å². The Balaban J connectivity index is 1.84. The first-order valence-electron chi connectivity index (χ1n) is 5.35. The molecule has 2 aromatic rings. The van der Waals surface area contributed by atoms with Crippen LogP contribution in [0.3, 0.4) is 0 Å². The molecule has 1 aromatic heterocycles. The zero-order chi connectivity index (χ0) is 11.9. The number of rotatable bonds is 4. The minimum Gasteiger partial charge on any atom is -0.372 e. The summed E-state index contributed by atoms with van der Waals surface area (Å²) in [7, 11) is 0. The summed E-state index contributed by atoms with van der Waals surface area (Å²) < 4.78 is 5.56. The van der Waals surface area contributed by atoms with Crippen molar-refractivity contribution in [2.75, 3.05) is 0 Å². The summed E-state index contributed by atoms with van der Waals surface area (Å²) in [5, 5.41) is 8.61. The average molecular weight is 224 g/mol. The highest BCUT2D eigenvalue weighted by atomic mass is 16.5. The Morgan fingerprint density at radius 3 is 2.41 bits per heavy atom. The van der Waals surface area contributed by atoms with Gasteiger partial charge in [0.05, 0.1) is 13.2 Å². The predicted octanol–water partition coefficient (Wildman–Crippen LogP) is 2.67. The second-order valence-corrected chi connectivity index (χ2v) is 3.64. The number of nitriles is 1. The lowest BCUT2D eigenvalue weighted by Gasteiger charge is -2.04. The fraction of sp³-hybridized carbons (Fsp3) is 0.143. The molecule has 0 saturated carbocycles. The van der Waals surface area contributed by atoms with Crippen LogP contribution >= 0.6 is 0 Å². The summed E-state index contributed by atoms with van der Waals surface area (Å²) in [5.41, 5.74) is 2.55. The van der Waals surface area contributed by atoms with Crippen molar-refractivity contribution in [3.8, 4) is 6.07 Å². The number of aromatic nitrogens is 1. The highest BCUT2D eigenvalue weighted by Gasteiger charge is 1.96. The van der Waals surface area contributed by atoms with E-state index in [2.05, 4.69) is 4.98 Å². The van der Waals surface area contributed by atoms with Crippen molar-refractivity contribution in [3.05, 3.63) is 65.5 Å². The van der Waals surface area contributed by atoms with Crippen LogP contribution in [0.25, 0.3) is 0 Å². The Hall–Kier alpha value is -2.18. The molecule has 0 aliphatic heterocycles. The van der Waals surface area contributed by atoms with E-state index in [0.717, 1.165) is 11.1 Å². The van der Waals surface area contributed by atoms with E-state index < -0.39 is 0 Å². The maximum atomic E-state index is 8.61. The molecule has 0 saturated heterocycles. The molecule has 0 N–H and O–H groups in total. The van der Waals surface area contributed by atoms with Gasteiger partial charge in [-0.3, -0.25) is 0 Å². The van der Waals surface area contributed by atoms with Crippen LogP contribution in [0.4, 0.5) is 0 Å². The minimum atomic E-state index is 0.428. The predicted molar refractivity (Wildman–Crippen MR) is 63.9 cm³/mol. The Kier molecular flexibility index (Phi) is 3.85. The molecule has 3 nitrogen and oxygen atoms in total. The third-order valence-corrected chi connectivity index (χ3v) is 2.32. The Labute approximate surface area is 100 Å². The molecule has 0 spiro atoms. The maximum absolute atomic E-state index is 8.61. The van der Waals surface area contributed by atoms with Gasteiger partial charge in [-0.2, -0.15) is 5.26 Å². The van der Waals surface area contributed by atoms with E-state index in [9.17, 15) is 0 Å². The average Bonchev–Trinajstić information content (AvgIpc) is 2.41. The van der Waals surface area contributed by atoms with Crippen LogP contribution in [0.1, 0.15) is 16.8 Å². The molecule has 0 unspecified atom stereocenters. The molecule has 1 heterocycles. The van der Waals surface area contributed by atoms with Crippen molar-refractivity contribution >= 4 is 0 Å². The molecule has 0 amide bonds. The van der Waals surface area contributed by atoms with Crippen LogP contribution < -0.4 is 0 Å². The second kappa shape index (κ2) is 5.78. The molecule has 0 radical (unpaired) electrons. The van der Waals surface area contributed by atoms with Crippen molar-refractivity contribution in [1.82, 2.24) is 4.98 Å². The molecule has 2 rings (SSSR count). The maximum Gasteiger partial charge on any atom is 0.140 e. The number of hydrogen-bond donors (Lipinski definition) is 0. The topological polar surface area (TPSA) is 45.9 Å². The number of nitrogens with zero attached hydrogens (tertiary/aromatic N) is 2. The van der Waals surface area contributed by atoms with Crippen LogP contribution in [-0.2, 0) is 18.0 Å². The SMILES string of the molecule is N#Cc1ccc(COCc2ccccc2)cn1. The lowest BCUT2D eigenvalue weighted by atomic mass is 10.2. The highest BCUT2D eigenvalue weighted by molar-refractivity contribution is 5.22. The van der Waals surface area contributed by atoms with Gasteiger partial charge in [-0.25, -0.2) is 4.98 Å². The molecule has 0 fully saturated rings.